The number of rotatable bonds is 9. The molecule has 8 heteroatoms. The number of halogens is 2. The maximum Gasteiger partial charge on any atom is 0.387 e. The number of guanidine groups is 1. The van der Waals surface area contributed by atoms with Crippen molar-refractivity contribution in [3.63, 3.8) is 0 Å². The molecule has 0 radical (unpaired) electrons. The van der Waals surface area contributed by atoms with Gasteiger partial charge in [-0.2, -0.15) is 8.78 Å². The number of nitrogens with one attached hydrogen (secondary N) is 1. The van der Waals surface area contributed by atoms with Gasteiger partial charge in [0.25, 0.3) is 0 Å². The monoisotopic (exact) mass is 433 g/mol. The largest absolute Gasteiger partial charge is 0.497 e. The average molecular weight is 433 g/mol. The molecular weight excluding hydrogens is 404 g/mol. The molecule has 0 aromatic heterocycles. The van der Waals surface area contributed by atoms with Gasteiger partial charge in [0.2, 0.25) is 0 Å². The van der Waals surface area contributed by atoms with E-state index in [2.05, 4.69) is 32.1 Å². The van der Waals surface area contributed by atoms with Crippen molar-refractivity contribution in [1.29, 1.82) is 0 Å². The van der Waals surface area contributed by atoms with E-state index >= 15 is 0 Å². The summed E-state index contributed by atoms with van der Waals surface area (Å²) >= 11 is 0. The Morgan fingerprint density at radius 1 is 1.23 bits per heavy atom. The smallest absolute Gasteiger partial charge is 0.387 e. The molecule has 168 valence electrons. The molecular formula is C23H29F2N3O3. The molecule has 1 unspecified atom stereocenters. The first-order valence-electron chi connectivity index (χ1n) is 10.3. The van der Waals surface area contributed by atoms with E-state index in [1.54, 1.807) is 19.2 Å². The van der Waals surface area contributed by atoms with E-state index in [-0.39, 0.29) is 5.75 Å². The van der Waals surface area contributed by atoms with Crippen LogP contribution < -0.4 is 14.8 Å². The van der Waals surface area contributed by atoms with Crippen LogP contribution in [0.5, 0.6) is 11.5 Å². The van der Waals surface area contributed by atoms with Crippen LogP contribution in [0.2, 0.25) is 0 Å². The number of alkyl halides is 2. The Bertz CT molecular complexity index is 849. The molecule has 0 bridgehead atoms. The fourth-order valence-corrected chi connectivity index (χ4v) is 3.60. The first-order chi connectivity index (χ1) is 15.1. The van der Waals surface area contributed by atoms with Crippen LogP contribution >= 0.6 is 0 Å². The highest BCUT2D eigenvalue weighted by Crippen LogP contribution is 2.26. The van der Waals surface area contributed by atoms with E-state index in [1.807, 2.05) is 18.2 Å². The second-order valence-corrected chi connectivity index (χ2v) is 7.35. The van der Waals surface area contributed by atoms with Gasteiger partial charge in [0.05, 0.1) is 20.3 Å². The van der Waals surface area contributed by atoms with Crippen LogP contribution in [-0.2, 0) is 17.9 Å². The van der Waals surface area contributed by atoms with Crippen molar-refractivity contribution in [2.24, 2.45) is 10.9 Å². The summed E-state index contributed by atoms with van der Waals surface area (Å²) in [5.74, 6) is 1.69. The normalized spacial score (nSPS) is 16.6. The van der Waals surface area contributed by atoms with Gasteiger partial charge < -0.3 is 24.4 Å². The summed E-state index contributed by atoms with van der Waals surface area (Å²) < 4.78 is 41.2. The summed E-state index contributed by atoms with van der Waals surface area (Å²) in [4.78, 5) is 6.51. The highest BCUT2D eigenvalue weighted by molar-refractivity contribution is 5.80. The molecule has 2 aromatic carbocycles. The van der Waals surface area contributed by atoms with Crippen molar-refractivity contribution in [1.82, 2.24) is 10.2 Å². The Hall–Kier alpha value is -2.87. The third-order valence-electron chi connectivity index (χ3n) is 5.19. The number of hydrogen-bond acceptors (Lipinski definition) is 4. The molecule has 2 aromatic rings. The fourth-order valence-electron chi connectivity index (χ4n) is 3.60. The van der Waals surface area contributed by atoms with Crippen LogP contribution in [0.1, 0.15) is 17.5 Å². The van der Waals surface area contributed by atoms with Crippen LogP contribution in [0.15, 0.2) is 53.5 Å². The summed E-state index contributed by atoms with van der Waals surface area (Å²) in [6.07, 6.45) is 1.01. The zero-order valence-corrected chi connectivity index (χ0v) is 17.9. The molecule has 0 amide bonds. The van der Waals surface area contributed by atoms with Crippen LogP contribution in [-0.4, -0.2) is 51.3 Å². The van der Waals surface area contributed by atoms with Gasteiger partial charge in [0.1, 0.15) is 11.5 Å². The summed E-state index contributed by atoms with van der Waals surface area (Å²) in [7, 11) is 3.20. The fraction of sp³-hybridized carbons (Fsp3) is 0.435. The lowest BCUT2D eigenvalue weighted by Crippen LogP contribution is -2.40. The minimum Gasteiger partial charge on any atom is -0.497 e. The summed E-state index contributed by atoms with van der Waals surface area (Å²) in [6.45, 7) is 0.395. The van der Waals surface area contributed by atoms with Gasteiger partial charge in [-0.05, 0) is 24.1 Å². The molecule has 1 heterocycles. The Balaban J connectivity index is 1.50. The minimum atomic E-state index is -2.90. The summed E-state index contributed by atoms with van der Waals surface area (Å²) in [5, 5.41) is 3.25. The first kappa shape index (κ1) is 22.8. The third-order valence-corrected chi connectivity index (χ3v) is 5.19. The number of aliphatic imine (C=N–C) groups is 1. The average Bonchev–Trinajstić information content (AvgIpc) is 3.24. The van der Waals surface area contributed by atoms with E-state index in [0.717, 1.165) is 31.0 Å². The van der Waals surface area contributed by atoms with Gasteiger partial charge in [0, 0.05) is 44.2 Å². The lowest BCUT2D eigenvalue weighted by atomic mass is 10.1. The molecule has 1 atom stereocenters. The number of hydrogen-bond donors (Lipinski definition) is 1. The van der Waals surface area contributed by atoms with Gasteiger partial charge in [0.15, 0.2) is 5.96 Å². The zero-order valence-electron chi connectivity index (χ0n) is 17.9. The SMILES string of the molecule is CN=C(NCc1ccc(OC)cc1OC(F)F)N1CCC(COCc2ccccc2)C1. The summed E-state index contributed by atoms with van der Waals surface area (Å²) in [6, 6.07) is 15.0. The molecule has 6 nitrogen and oxygen atoms in total. The standard InChI is InChI=1S/C23H29F2N3O3/c1-26-23(27-13-19-8-9-20(29-2)12-21(19)31-22(24)25)28-11-10-18(14-28)16-30-15-17-6-4-3-5-7-17/h3-9,12,18,22H,10-11,13-16H2,1-2H3,(H,26,27). The predicted octanol–water partition coefficient (Wildman–Crippen LogP) is 3.91. The van der Waals surface area contributed by atoms with Crippen molar-refractivity contribution in [3.05, 3.63) is 59.7 Å². The van der Waals surface area contributed by atoms with Crippen LogP contribution in [0.3, 0.4) is 0 Å². The Morgan fingerprint density at radius 2 is 2.03 bits per heavy atom. The van der Waals surface area contributed by atoms with E-state index in [9.17, 15) is 8.78 Å². The van der Waals surface area contributed by atoms with Crippen molar-refractivity contribution in [3.8, 4) is 11.5 Å². The Labute approximate surface area is 181 Å². The molecule has 31 heavy (non-hydrogen) atoms. The maximum atomic E-state index is 12.8. The highest BCUT2D eigenvalue weighted by atomic mass is 19.3. The number of likely N-dealkylation sites (tertiary alicyclic amines) is 1. The molecule has 1 saturated heterocycles. The molecule has 1 aliphatic heterocycles. The van der Waals surface area contributed by atoms with E-state index in [1.165, 1.54) is 13.2 Å². The van der Waals surface area contributed by atoms with Crippen molar-refractivity contribution < 1.29 is 23.0 Å². The number of nitrogens with zero attached hydrogens (tertiary/aromatic N) is 2. The first-order valence-corrected chi connectivity index (χ1v) is 10.3. The minimum absolute atomic E-state index is 0.0888. The van der Waals surface area contributed by atoms with Gasteiger partial charge in [-0.1, -0.05) is 30.3 Å². The van der Waals surface area contributed by atoms with Gasteiger partial charge >= 0.3 is 6.61 Å². The number of benzene rings is 2. The second-order valence-electron chi connectivity index (χ2n) is 7.35. The van der Waals surface area contributed by atoms with Gasteiger partial charge in [-0.15, -0.1) is 0 Å². The molecule has 3 rings (SSSR count). The predicted molar refractivity (Wildman–Crippen MR) is 116 cm³/mol. The van der Waals surface area contributed by atoms with E-state index in [4.69, 9.17) is 9.47 Å². The lowest BCUT2D eigenvalue weighted by molar-refractivity contribution is -0.0505. The maximum absolute atomic E-state index is 12.8. The van der Waals surface area contributed by atoms with Crippen LogP contribution in [0, 0.1) is 5.92 Å². The zero-order chi connectivity index (χ0) is 22.1. The van der Waals surface area contributed by atoms with E-state index in [0.29, 0.717) is 37.0 Å². The van der Waals surface area contributed by atoms with Crippen LogP contribution in [0.4, 0.5) is 8.78 Å². The Kier molecular flexibility index (Phi) is 8.46. The second kappa shape index (κ2) is 11.5. The number of methoxy groups -OCH3 is 1. The van der Waals surface area contributed by atoms with Gasteiger partial charge in [-0.3, -0.25) is 4.99 Å². The molecule has 0 spiro atoms. The highest BCUT2D eigenvalue weighted by Gasteiger charge is 2.25. The lowest BCUT2D eigenvalue weighted by Gasteiger charge is -2.22. The molecule has 1 aliphatic rings. The van der Waals surface area contributed by atoms with Crippen molar-refractivity contribution in [2.45, 2.75) is 26.2 Å². The molecule has 0 aliphatic carbocycles. The Morgan fingerprint density at radius 3 is 2.74 bits per heavy atom. The molecule has 1 N–H and O–H groups in total. The quantitative estimate of drug-likeness (QED) is 0.480. The molecule has 1 fully saturated rings. The van der Waals surface area contributed by atoms with Crippen molar-refractivity contribution >= 4 is 5.96 Å². The van der Waals surface area contributed by atoms with E-state index < -0.39 is 6.61 Å². The van der Waals surface area contributed by atoms with Gasteiger partial charge in [-0.25, -0.2) is 0 Å². The number of ether oxygens (including phenoxy) is 3. The molecule has 0 saturated carbocycles. The van der Waals surface area contributed by atoms with Crippen LogP contribution in [0.25, 0.3) is 0 Å². The topological polar surface area (TPSA) is 55.3 Å². The van der Waals surface area contributed by atoms with Crippen molar-refractivity contribution in [2.75, 3.05) is 33.9 Å². The third kappa shape index (κ3) is 6.82. The summed E-state index contributed by atoms with van der Waals surface area (Å²) in [5.41, 5.74) is 1.76.